The zero-order valence-electron chi connectivity index (χ0n) is 32.5. The summed E-state index contributed by atoms with van der Waals surface area (Å²) in [6.45, 7) is 3.18. The number of carbonyl (C=O) groups excluding carboxylic acids is 5. The van der Waals surface area contributed by atoms with Gasteiger partial charge in [-0.05, 0) is 50.1 Å². The maximum Gasteiger partial charge on any atom is 0.490 e. The summed E-state index contributed by atoms with van der Waals surface area (Å²) in [5.41, 5.74) is 0.806. The number of aliphatic carboxylic acids is 1. The van der Waals surface area contributed by atoms with Gasteiger partial charge >= 0.3 is 24.1 Å². The highest BCUT2D eigenvalue weighted by Crippen LogP contribution is 2.28. The number of cyclic esters (lactones) is 2. The van der Waals surface area contributed by atoms with Crippen molar-refractivity contribution in [2.24, 2.45) is 5.92 Å². The Morgan fingerprint density at radius 1 is 0.948 bits per heavy atom. The van der Waals surface area contributed by atoms with E-state index in [4.69, 9.17) is 24.1 Å². The lowest BCUT2D eigenvalue weighted by molar-refractivity contribution is -0.192. The number of carbonyl (C=O) groups is 6. The van der Waals surface area contributed by atoms with E-state index in [9.17, 15) is 42.3 Å². The van der Waals surface area contributed by atoms with E-state index >= 15 is 0 Å². The highest BCUT2D eigenvalue weighted by atomic mass is 19.4. The van der Waals surface area contributed by atoms with Gasteiger partial charge < -0.3 is 45.7 Å². The molecule has 19 heteroatoms. The summed E-state index contributed by atoms with van der Waals surface area (Å²) in [6.07, 6.45) is 0.399. The topological polar surface area (TPSA) is 222 Å². The second-order valence-electron chi connectivity index (χ2n) is 15.1. The molecule has 6 N–H and O–H groups in total. The van der Waals surface area contributed by atoms with Crippen LogP contribution in [-0.2, 0) is 49.4 Å². The number of ether oxygens (including phenoxy) is 3. The SMILES string of the molecule is O=C(O)C(F)(F)F.O=C1CCC[C@H](CN2CCOCC2)OC(=O)[C@H](O)[C@H](CC2CCCCC2)NC(=O)[C@@H](NC(=O)[C@H](Cc2ccccc2)NC(=O)[C@@H]2CCCN2)CO1. The molecule has 1 saturated carbocycles. The van der Waals surface area contributed by atoms with Gasteiger partial charge in [-0.15, -0.1) is 0 Å². The van der Waals surface area contributed by atoms with Gasteiger partial charge in [-0.2, -0.15) is 13.2 Å². The van der Waals surface area contributed by atoms with Gasteiger partial charge in [0.1, 0.15) is 24.8 Å². The van der Waals surface area contributed by atoms with Gasteiger partial charge in [-0.25, -0.2) is 9.59 Å². The number of nitrogens with zero attached hydrogens (tertiary/aromatic N) is 1. The molecule has 0 bridgehead atoms. The molecular weight excluding hydrogens is 771 g/mol. The van der Waals surface area contributed by atoms with Gasteiger partial charge in [0, 0.05) is 32.5 Å². The summed E-state index contributed by atoms with van der Waals surface area (Å²) in [7, 11) is 0. The number of benzene rings is 1. The number of halogens is 3. The molecule has 3 amide bonds. The Labute approximate surface area is 335 Å². The summed E-state index contributed by atoms with van der Waals surface area (Å²) >= 11 is 0. The van der Waals surface area contributed by atoms with Crippen molar-refractivity contribution in [1.82, 2.24) is 26.2 Å². The Morgan fingerprint density at radius 2 is 1.64 bits per heavy atom. The quantitative estimate of drug-likeness (QED) is 0.184. The molecule has 16 nitrogen and oxygen atoms in total. The third-order valence-corrected chi connectivity index (χ3v) is 10.6. The van der Waals surface area contributed by atoms with Gasteiger partial charge in [0.2, 0.25) is 17.7 Å². The summed E-state index contributed by atoms with van der Waals surface area (Å²) in [6, 6.07) is 5.41. The van der Waals surface area contributed by atoms with Crippen molar-refractivity contribution in [3.05, 3.63) is 35.9 Å². The summed E-state index contributed by atoms with van der Waals surface area (Å²) < 4.78 is 48.6. The second kappa shape index (κ2) is 23.3. The summed E-state index contributed by atoms with van der Waals surface area (Å²) in [4.78, 5) is 78.4. The molecule has 1 aromatic carbocycles. The third-order valence-electron chi connectivity index (χ3n) is 10.6. The fourth-order valence-electron chi connectivity index (χ4n) is 7.41. The van der Waals surface area contributed by atoms with E-state index in [1.54, 1.807) is 0 Å². The molecule has 3 saturated heterocycles. The average Bonchev–Trinajstić information content (AvgIpc) is 3.75. The van der Waals surface area contributed by atoms with Crippen LogP contribution in [0.25, 0.3) is 0 Å². The number of rotatable bonds is 10. The first-order valence-electron chi connectivity index (χ1n) is 20.0. The molecule has 4 aliphatic rings. The van der Waals surface area contributed by atoms with E-state index in [1.165, 1.54) is 0 Å². The summed E-state index contributed by atoms with van der Waals surface area (Å²) in [5, 5.41) is 30.1. The van der Waals surface area contributed by atoms with Crippen LogP contribution in [0.15, 0.2) is 30.3 Å². The van der Waals surface area contributed by atoms with Crippen LogP contribution in [0.5, 0.6) is 0 Å². The first-order valence-corrected chi connectivity index (χ1v) is 20.0. The first kappa shape index (κ1) is 46.4. The lowest BCUT2D eigenvalue weighted by Crippen LogP contribution is -2.59. The van der Waals surface area contributed by atoms with Crippen LogP contribution in [0.3, 0.4) is 0 Å². The zero-order chi connectivity index (χ0) is 42.1. The molecule has 0 unspecified atom stereocenters. The highest BCUT2D eigenvalue weighted by molar-refractivity contribution is 5.93. The molecule has 3 aliphatic heterocycles. The van der Waals surface area contributed by atoms with Crippen LogP contribution in [-0.4, -0.2) is 139 Å². The van der Waals surface area contributed by atoms with E-state index in [0.717, 1.165) is 44.1 Å². The minimum atomic E-state index is -5.08. The molecule has 0 spiro atoms. The van der Waals surface area contributed by atoms with E-state index in [-0.39, 0.29) is 24.7 Å². The normalized spacial score (nSPS) is 26.3. The van der Waals surface area contributed by atoms with Crippen LogP contribution in [0.2, 0.25) is 0 Å². The summed E-state index contributed by atoms with van der Waals surface area (Å²) in [5.74, 6) is -5.63. The largest absolute Gasteiger partial charge is 0.490 e. The Bertz CT molecular complexity index is 1500. The fourth-order valence-corrected chi connectivity index (χ4v) is 7.41. The Balaban J connectivity index is 0.000000973. The molecule has 0 aromatic heterocycles. The van der Waals surface area contributed by atoms with Crippen molar-refractivity contribution >= 4 is 35.6 Å². The van der Waals surface area contributed by atoms with Crippen LogP contribution in [0.4, 0.5) is 13.2 Å². The van der Waals surface area contributed by atoms with Crippen molar-refractivity contribution < 1.29 is 66.4 Å². The van der Waals surface area contributed by atoms with Crippen LogP contribution in [0, 0.1) is 5.92 Å². The van der Waals surface area contributed by atoms with E-state index < -0.39 is 78.9 Å². The lowest BCUT2D eigenvalue weighted by Gasteiger charge is -2.33. The number of aliphatic hydroxyl groups excluding tert-OH is 1. The maximum absolute atomic E-state index is 14.0. The van der Waals surface area contributed by atoms with Crippen LogP contribution >= 0.6 is 0 Å². The van der Waals surface area contributed by atoms with Gasteiger partial charge in [0.15, 0.2) is 6.10 Å². The van der Waals surface area contributed by atoms with Gasteiger partial charge in [0.25, 0.3) is 0 Å². The van der Waals surface area contributed by atoms with E-state index in [1.807, 2.05) is 30.3 Å². The van der Waals surface area contributed by atoms with Gasteiger partial charge in [-0.3, -0.25) is 24.1 Å². The Hall–Kier alpha value is -4.33. The number of esters is 2. The number of hydrogen-bond donors (Lipinski definition) is 6. The minimum Gasteiger partial charge on any atom is -0.475 e. The van der Waals surface area contributed by atoms with Crippen molar-refractivity contribution in [2.45, 2.75) is 120 Å². The molecule has 3 heterocycles. The molecule has 6 atom stereocenters. The van der Waals surface area contributed by atoms with E-state index in [0.29, 0.717) is 65.1 Å². The standard InChI is InChI=1S/C37H55N5O9.C2HF3O2/c43-32-15-7-13-27(23-42-17-19-49-20-18-42)51-37(48)33(44)29(21-25-9-3-1-4-10-25)39-36(47)31(24-50-32)41-35(46)30(22-26-11-5-2-6-12-26)40-34(45)28-14-8-16-38-28;3-2(4,5)1(6)7/h2,5-6,11-12,25,27-31,33,38,44H,1,3-4,7-10,13-24H2,(H,39,47)(H,40,45)(H,41,46);(H,6,7)/t27-,28+,29+,30+,31+,33-;/m1./s1. The van der Waals surface area contributed by atoms with Crippen molar-refractivity contribution in [1.29, 1.82) is 0 Å². The van der Waals surface area contributed by atoms with Crippen LogP contribution < -0.4 is 21.3 Å². The number of nitrogens with one attached hydrogen (secondary N) is 4. The average molecular weight is 828 g/mol. The van der Waals surface area contributed by atoms with Crippen molar-refractivity contribution in [2.75, 3.05) is 46.0 Å². The lowest BCUT2D eigenvalue weighted by atomic mass is 9.83. The molecule has 1 aromatic rings. The second-order valence-corrected chi connectivity index (χ2v) is 15.1. The maximum atomic E-state index is 14.0. The number of carboxylic acids is 1. The number of amides is 3. The Kier molecular flexibility index (Phi) is 18.6. The van der Waals surface area contributed by atoms with Crippen molar-refractivity contribution in [3.63, 3.8) is 0 Å². The molecular formula is C39H56F3N5O11. The molecule has 4 fully saturated rings. The molecule has 324 valence electrons. The number of morpholine rings is 1. The predicted octanol–water partition coefficient (Wildman–Crippen LogP) is 1.37. The molecule has 5 rings (SSSR count). The van der Waals surface area contributed by atoms with Crippen LogP contribution in [0.1, 0.15) is 76.2 Å². The third kappa shape index (κ3) is 15.8. The highest BCUT2D eigenvalue weighted by Gasteiger charge is 2.39. The monoisotopic (exact) mass is 827 g/mol. The fraction of sp³-hybridized carbons (Fsp3) is 0.692. The molecule has 0 radical (unpaired) electrons. The molecule has 1 aliphatic carbocycles. The van der Waals surface area contributed by atoms with Gasteiger partial charge in [0.05, 0.1) is 25.3 Å². The molecule has 58 heavy (non-hydrogen) atoms. The number of carboxylic acid groups (broad SMARTS) is 1. The predicted molar refractivity (Wildman–Crippen MR) is 200 cm³/mol. The zero-order valence-corrected chi connectivity index (χ0v) is 32.5. The smallest absolute Gasteiger partial charge is 0.475 e. The minimum absolute atomic E-state index is 0.00733. The van der Waals surface area contributed by atoms with Gasteiger partial charge in [-0.1, -0.05) is 62.4 Å². The van der Waals surface area contributed by atoms with Crippen molar-refractivity contribution in [3.8, 4) is 0 Å². The Morgan fingerprint density at radius 3 is 2.28 bits per heavy atom. The number of aliphatic hydroxyl groups is 1. The van der Waals surface area contributed by atoms with E-state index in [2.05, 4.69) is 26.2 Å². The number of alkyl halides is 3. The first-order chi connectivity index (χ1) is 27.7. The number of hydrogen-bond acceptors (Lipinski definition) is 12.